The molecule has 2 fully saturated rings. The van der Waals surface area contributed by atoms with E-state index in [0.717, 1.165) is 25.2 Å². The maximum Gasteiger partial charge on any atom is 0.410 e. The fraction of sp³-hybridized carbons (Fsp3) is 0.520. The van der Waals surface area contributed by atoms with Crippen LogP contribution in [0, 0.1) is 11.7 Å². The minimum atomic E-state index is -0.634. The summed E-state index contributed by atoms with van der Waals surface area (Å²) >= 11 is 12.4. The Hall–Kier alpha value is -2.33. The highest BCUT2D eigenvalue weighted by atomic mass is 35.5. The molecule has 2 saturated heterocycles. The molecule has 2 unspecified atom stereocenters. The molecular formula is C25H32Cl2FN5O3. The van der Waals surface area contributed by atoms with E-state index in [2.05, 4.69) is 15.4 Å². The number of rotatable bonds is 6. The maximum absolute atomic E-state index is 14.0. The number of anilines is 1. The predicted molar refractivity (Wildman–Crippen MR) is 138 cm³/mol. The van der Waals surface area contributed by atoms with Crippen LogP contribution in [0.4, 0.5) is 15.0 Å². The molecule has 2 aliphatic rings. The molecule has 8 nitrogen and oxygen atoms in total. The van der Waals surface area contributed by atoms with Crippen molar-refractivity contribution in [2.24, 2.45) is 5.92 Å². The van der Waals surface area contributed by atoms with Crippen molar-refractivity contribution in [2.45, 2.75) is 45.3 Å². The van der Waals surface area contributed by atoms with Gasteiger partial charge in [0.25, 0.3) is 0 Å². The molecule has 11 heteroatoms. The fourth-order valence-corrected chi connectivity index (χ4v) is 5.10. The van der Waals surface area contributed by atoms with Crippen molar-refractivity contribution in [1.29, 1.82) is 0 Å². The summed E-state index contributed by atoms with van der Waals surface area (Å²) in [4.78, 5) is 18.2. The number of hydrazine groups is 1. The number of pyridine rings is 1. The van der Waals surface area contributed by atoms with E-state index in [9.17, 15) is 9.18 Å². The third kappa shape index (κ3) is 6.14. The van der Waals surface area contributed by atoms with Crippen molar-refractivity contribution < 1.29 is 18.7 Å². The van der Waals surface area contributed by atoms with Gasteiger partial charge in [-0.25, -0.2) is 19.2 Å². The van der Waals surface area contributed by atoms with Gasteiger partial charge in [-0.1, -0.05) is 23.2 Å². The van der Waals surface area contributed by atoms with Crippen molar-refractivity contribution in [3.8, 4) is 5.75 Å². The lowest BCUT2D eigenvalue weighted by Gasteiger charge is -2.41. The van der Waals surface area contributed by atoms with Crippen molar-refractivity contribution in [3.05, 3.63) is 51.4 Å². The quantitative estimate of drug-likeness (QED) is 0.497. The zero-order valence-corrected chi connectivity index (χ0v) is 22.4. The van der Waals surface area contributed by atoms with Crippen LogP contribution >= 0.6 is 23.2 Å². The number of nitrogens with two attached hydrogens (primary N) is 1. The van der Waals surface area contributed by atoms with E-state index < -0.39 is 17.5 Å². The van der Waals surface area contributed by atoms with Crippen LogP contribution in [0.5, 0.6) is 5.75 Å². The van der Waals surface area contributed by atoms with Crippen LogP contribution in [0.15, 0.2) is 24.4 Å². The first kappa shape index (κ1) is 26.7. The number of hydrogen-bond acceptors (Lipinski definition) is 7. The van der Waals surface area contributed by atoms with Crippen molar-refractivity contribution in [1.82, 2.24) is 20.3 Å². The number of nitrogens with zero attached hydrogens (tertiary/aromatic N) is 3. The van der Waals surface area contributed by atoms with Crippen molar-refractivity contribution in [2.75, 3.05) is 38.5 Å². The molecule has 1 amide bonds. The number of amides is 1. The van der Waals surface area contributed by atoms with Crippen LogP contribution in [0.2, 0.25) is 10.0 Å². The molecule has 3 heterocycles. The molecular weight excluding hydrogens is 508 g/mol. The number of nitrogens with one attached hydrogen (secondary N) is 1. The standard InChI is InChI=1S/C25H32Cl2FN5O3/c1-14(21-18(26)5-6-19(28)22(21)27)35-20-7-16(8-30-23(20)29)17-9-31-33(13-17)12-15-10-32(11-15)24(34)36-25(2,3)4/h5-8,14-15,17,31H,9-13H2,1-4H3,(H2,29,30). The zero-order chi connectivity index (χ0) is 26.2. The van der Waals surface area contributed by atoms with Crippen LogP contribution in [0.25, 0.3) is 0 Å². The Morgan fingerprint density at radius 1 is 1.31 bits per heavy atom. The van der Waals surface area contributed by atoms with Gasteiger partial charge in [0, 0.05) is 61.3 Å². The fourth-order valence-electron chi connectivity index (χ4n) is 4.42. The lowest BCUT2D eigenvalue weighted by atomic mass is 9.99. The molecule has 0 saturated carbocycles. The number of aromatic nitrogens is 1. The number of carbonyl (C=O) groups is 1. The Morgan fingerprint density at radius 3 is 2.72 bits per heavy atom. The van der Waals surface area contributed by atoms with Gasteiger partial charge in [0.15, 0.2) is 11.6 Å². The first-order chi connectivity index (χ1) is 16.9. The average molecular weight is 540 g/mol. The van der Waals surface area contributed by atoms with E-state index >= 15 is 0 Å². The molecule has 2 aromatic rings. The van der Waals surface area contributed by atoms with Gasteiger partial charge in [-0.05, 0) is 51.5 Å². The summed E-state index contributed by atoms with van der Waals surface area (Å²) in [5.41, 5.74) is 10.3. The Bertz CT molecular complexity index is 1120. The minimum absolute atomic E-state index is 0.0745. The summed E-state index contributed by atoms with van der Waals surface area (Å²) in [7, 11) is 0. The minimum Gasteiger partial charge on any atom is -0.482 e. The number of ether oxygens (including phenoxy) is 2. The highest BCUT2D eigenvalue weighted by Crippen LogP contribution is 2.37. The Kier molecular flexibility index (Phi) is 7.85. The van der Waals surface area contributed by atoms with Gasteiger partial charge in [0.2, 0.25) is 0 Å². The first-order valence-electron chi connectivity index (χ1n) is 11.9. The summed E-state index contributed by atoms with van der Waals surface area (Å²) in [6.07, 6.45) is 0.852. The lowest BCUT2D eigenvalue weighted by Crippen LogP contribution is -2.55. The molecule has 3 N–H and O–H groups in total. The average Bonchev–Trinajstić information content (AvgIpc) is 3.22. The number of likely N-dealkylation sites (tertiary alicyclic amines) is 1. The molecule has 4 rings (SSSR count). The largest absolute Gasteiger partial charge is 0.482 e. The molecule has 0 spiro atoms. The molecule has 0 bridgehead atoms. The summed E-state index contributed by atoms with van der Waals surface area (Å²) in [6.45, 7) is 11.0. The second-order valence-electron chi connectivity index (χ2n) is 10.4. The number of hydrogen-bond donors (Lipinski definition) is 2. The Morgan fingerprint density at radius 2 is 2.03 bits per heavy atom. The van der Waals surface area contributed by atoms with E-state index in [1.165, 1.54) is 12.1 Å². The Labute approximate surface area is 220 Å². The van der Waals surface area contributed by atoms with Crippen LogP contribution in [0.1, 0.15) is 50.8 Å². The van der Waals surface area contributed by atoms with Crippen LogP contribution in [-0.4, -0.2) is 59.3 Å². The van der Waals surface area contributed by atoms with Crippen molar-refractivity contribution >= 4 is 35.1 Å². The molecule has 36 heavy (non-hydrogen) atoms. The van der Waals surface area contributed by atoms with Gasteiger partial charge in [0.05, 0.1) is 5.02 Å². The molecule has 2 aliphatic heterocycles. The summed E-state index contributed by atoms with van der Waals surface area (Å²) in [5, 5.41) is 2.41. The molecule has 0 radical (unpaired) electrons. The summed E-state index contributed by atoms with van der Waals surface area (Å²) in [6, 6.07) is 4.53. The first-order valence-corrected chi connectivity index (χ1v) is 12.7. The van der Waals surface area contributed by atoms with E-state index in [4.69, 9.17) is 38.4 Å². The molecule has 1 aromatic carbocycles. The SMILES string of the molecule is CC(Oc1cc(C2CNN(CC3CN(C(=O)OC(C)(C)C)C3)C2)cnc1N)c1c(Cl)ccc(F)c1Cl. The van der Waals surface area contributed by atoms with Gasteiger partial charge >= 0.3 is 6.09 Å². The number of benzene rings is 1. The molecule has 196 valence electrons. The second kappa shape index (κ2) is 10.6. The van der Waals surface area contributed by atoms with E-state index in [0.29, 0.717) is 35.3 Å². The molecule has 2 atom stereocenters. The van der Waals surface area contributed by atoms with Gasteiger partial charge in [-0.15, -0.1) is 0 Å². The highest BCUT2D eigenvalue weighted by molar-refractivity contribution is 6.36. The molecule has 1 aromatic heterocycles. The van der Waals surface area contributed by atoms with E-state index in [-0.39, 0.29) is 22.9 Å². The lowest BCUT2D eigenvalue weighted by molar-refractivity contribution is -0.00750. The van der Waals surface area contributed by atoms with Gasteiger partial charge in [-0.2, -0.15) is 0 Å². The van der Waals surface area contributed by atoms with Crippen LogP contribution in [-0.2, 0) is 4.74 Å². The maximum atomic E-state index is 14.0. The highest BCUT2D eigenvalue weighted by Gasteiger charge is 2.36. The third-order valence-corrected chi connectivity index (χ3v) is 6.97. The van der Waals surface area contributed by atoms with E-state index in [1.54, 1.807) is 18.0 Å². The summed E-state index contributed by atoms with van der Waals surface area (Å²) in [5.74, 6) is 0.618. The van der Waals surface area contributed by atoms with Gasteiger partial charge < -0.3 is 20.1 Å². The zero-order valence-electron chi connectivity index (χ0n) is 20.9. The van der Waals surface area contributed by atoms with E-state index in [1.807, 2.05) is 26.8 Å². The Balaban J connectivity index is 1.34. The molecule has 0 aliphatic carbocycles. The van der Waals surface area contributed by atoms with Crippen LogP contribution < -0.4 is 15.9 Å². The normalized spacial score (nSPS) is 19.8. The summed E-state index contributed by atoms with van der Waals surface area (Å²) < 4.78 is 25.4. The number of halogens is 3. The number of carbonyl (C=O) groups excluding carboxylic acids is 1. The monoisotopic (exact) mass is 539 g/mol. The topological polar surface area (TPSA) is 93.0 Å². The van der Waals surface area contributed by atoms with Crippen LogP contribution in [0.3, 0.4) is 0 Å². The van der Waals surface area contributed by atoms with Crippen molar-refractivity contribution in [3.63, 3.8) is 0 Å². The number of nitrogen functional groups attached to an aromatic ring is 1. The second-order valence-corrected chi connectivity index (χ2v) is 11.2. The third-order valence-electron chi connectivity index (χ3n) is 6.25. The smallest absolute Gasteiger partial charge is 0.410 e. The van der Waals surface area contributed by atoms with Gasteiger partial charge in [0.1, 0.15) is 17.5 Å². The predicted octanol–water partition coefficient (Wildman–Crippen LogP) is 5.02. The van der Waals surface area contributed by atoms with Gasteiger partial charge in [-0.3, -0.25) is 5.43 Å².